The van der Waals surface area contributed by atoms with Crippen molar-refractivity contribution in [1.82, 2.24) is 5.32 Å². The van der Waals surface area contributed by atoms with Crippen LogP contribution in [0.25, 0.3) is 0 Å². The van der Waals surface area contributed by atoms with Crippen LogP contribution in [0, 0.1) is 5.92 Å². The van der Waals surface area contributed by atoms with Crippen molar-refractivity contribution < 1.29 is 35.3 Å². The number of halogens is 3. The molecule has 0 saturated heterocycles. The van der Waals surface area contributed by atoms with Crippen LogP contribution >= 0.6 is 0 Å². The zero-order valence-corrected chi connectivity index (χ0v) is 12.8. The number of nitrogens with one attached hydrogen (secondary N) is 1. The van der Waals surface area contributed by atoms with Crippen LogP contribution in [0.4, 0.5) is 13.2 Å². The molecular weight excluding hydrogens is 339 g/mol. The largest absolute Gasteiger partial charge is 0.534 e. The zero-order valence-electron chi connectivity index (χ0n) is 12.0. The van der Waals surface area contributed by atoms with Gasteiger partial charge in [0.25, 0.3) is 0 Å². The number of hydrogen-bond acceptors (Lipinski definition) is 5. The lowest BCUT2D eigenvalue weighted by atomic mass is 9.96. The van der Waals surface area contributed by atoms with E-state index < -0.39 is 21.4 Å². The third-order valence-electron chi connectivity index (χ3n) is 3.14. The number of rotatable bonds is 4. The number of benzene rings is 1. The molecule has 1 aliphatic heterocycles. The molecule has 0 bridgehead atoms. The van der Waals surface area contributed by atoms with Gasteiger partial charge >= 0.3 is 15.6 Å². The molecule has 1 unspecified atom stereocenters. The van der Waals surface area contributed by atoms with Crippen molar-refractivity contribution in [2.75, 3.05) is 13.2 Å². The summed E-state index contributed by atoms with van der Waals surface area (Å²) in [6.07, 6.45) is 0.416. The van der Waals surface area contributed by atoms with Gasteiger partial charge in [0.15, 0.2) is 0 Å². The molecule has 6 nitrogen and oxygen atoms in total. The van der Waals surface area contributed by atoms with Crippen molar-refractivity contribution in [2.24, 2.45) is 5.92 Å². The lowest BCUT2D eigenvalue weighted by Crippen LogP contribution is -2.33. The van der Waals surface area contributed by atoms with Crippen LogP contribution in [0.15, 0.2) is 18.2 Å². The summed E-state index contributed by atoms with van der Waals surface area (Å²) >= 11 is 0. The fourth-order valence-corrected chi connectivity index (χ4v) is 2.53. The Morgan fingerprint density at radius 1 is 1.43 bits per heavy atom. The third kappa shape index (κ3) is 4.27. The van der Waals surface area contributed by atoms with Crippen LogP contribution in [0.1, 0.15) is 12.5 Å². The number of carbonyl (C=O) groups is 1. The first-order valence-electron chi connectivity index (χ1n) is 6.59. The molecule has 0 aromatic heterocycles. The first kappa shape index (κ1) is 17.4. The van der Waals surface area contributed by atoms with Crippen LogP contribution in [-0.2, 0) is 21.3 Å². The molecule has 1 heterocycles. The van der Waals surface area contributed by atoms with E-state index in [0.717, 1.165) is 6.07 Å². The van der Waals surface area contributed by atoms with Crippen LogP contribution in [0.3, 0.4) is 0 Å². The molecular formula is C13H14F3NO5S. The molecule has 0 radical (unpaired) electrons. The number of ether oxygens (including phenoxy) is 1. The molecule has 0 fully saturated rings. The van der Waals surface area contributed by atoms with Crippen molar-refractivity contribution >= 4 is 16.0 Å². The maximum absolute atomic E-state index is 12.3. The molecule has 1 aromatic rings. The Labute approximate surface area is 130 Å². The summed E-state index contributed by atoms with van der Waals surface area (Å²) in [5.41, 5.74) is -4.98. The second kappa shape index (κ2) is 6.26. The summed E-state index contributed by atoms with van der Waals surface area (Å²) in [7, 11) is -5.71. The minimum atomic E-state index is -5.71. The minimum Gasteiger partial charge on any atom is -0.493 e. The predicted octanol–water partition coefficient (Wildman–Crippen LogP) is 1.60. The predicted molar refractivity (Wildman–Crippen MR) is 73.4 cm³/mol. The molecule has 1 aliphatic rings. The summed E-state index contributed by atoms with van der Waals surface area (Å²) in [4.78, 5) is 10.9. The first-order chi connectivity index (χ1) is 10.6. The molecule has 128 valence electrons. The van der Waals surface area contributed by atoms with Crippen molar-refractivity contribution in [1.29, 1.82) is 0 Å². The van der Waals surface area contributed by atoms with E-state index >= 15 is 0 Å². The van der Waals surface area contributed by atoms with Gasteiger partial charge in [0.2, 0.25) is 5.91 Å². The maximum Gasteiger partial charge on any atom is 0.534 e. The Bertz CT molecular complexity index is 702. The highest BCUT2D eigenvalue weighted by Crippen LogP contribution is 2.33. The van der Waals surface area contributed by atoms with E-state index in [1.54, 1.807) is 0 Å². The second-order valence-corrected chi connectivity index (χ2v) is 6.61. The highest BCUT2D eigenvalue weighted by molar-refractivity contribution is 7.88. The van der Waals surface area contributed by atoms with E-state index in [1.807, 2.05) is 0 Å². The van der Waals surface area contributed by atoms with Gasteiger partial charge in [-0.1, -0.05) is 0 Å². The molecule has 10 heteroatoms. The first-order valence-corrected chi connectivity index (χ1v) is 8.00. The number of amides is 1. The minimum absolute atomic E-state index is 0.0686. The number of hydrogen-bond donors (Lipinski definition) is 1. The van der Waals surface area contributed by atoms with E-state index in [0.29, 0.717) is 30.9 Å². The van der Waals surface area contributed by atoms with Gasteiger partial charge in [-0.3, -0.25) is 4.79 Å². The summed E-state index contributed by atoms with van der Waals surface area (Å²) in [5, 5.41) is 2.62. The fraction of sp³-hybridized carbons (Fsp3) is 0.462. The second-order valence-electron chi connectivity index (χ2n) is 5.07. The van der Waals surface area contributed by atoms with Crippen LogP contribution in [0.5, 0.6) is 11.5 Å². The van der Waals surface area contributed by atoms with Crippen LogP contribution < -0.4 is 14.2 Å². The molecule has 1 amide bonds. The van der Waals surface area contributed by atoms with Gasteiger partial charge in [-0.2, -0.15) is 21.6 Å². The van der Waals surface area contributed by atoms with Crippen molar-refractivity contribution in [3.8, 4) is 11.5 Å². The van der Waals surface area contributed by atoms with Crippen molar-refractivity contribution in [3.05, 3.63) is 23.8 Å². The summed E-state index contributed by atoms with van der Waals surface area (Å²) in [6, 6.07) is 3.64. The van der Waals surface area contributed by atoms with E-state index in [1.165, 1.54) is 19.1 Å². The molecule has 2 rings (SSSR count). The van der Waals surface area contributed by atoms with E-state index in [9.17, 15) is 26.4 Å². The Hall–Kier alpha value is -1.97. The van der Waals surface area contributed by atoms with E-state index in [-0.39, 0.29) is 11.8 Å². The smallest absolute Gasteiger partial charge is 0.493 e. The summed E-state index contributed by atoms with van der Waals surface area (Å²) in [5.74, 6) is -0.268. The van der Waals surface area contributed by atoms with Crippen LogP contribution in [-0.4, -0.2) is 33.0 Å². The summed E-state index contributed by atoms with van der Waals surface area (Å²) in [6.45, 7) is 2.06. The standard InChI is InChI=1S/C13H14F3NO5S/c1-8(18)17-6-9-4-10-5-11(2-3-12(10)21-7-9)22-23(19,20)13(14,15)16/h2-3,5,9H,4,6-7H2,1H3,(H,17,18). The highest BCUT2D eigenvalue weighted by atomic mass is 32.2. The molecule has 1 aromatic carbocycles. The van der Waals surface area contributed by atoms with Gasteiger partial charge in [0.05, 0.1) is 6.61 Å². The number of alkyl halides is 3. The number of fused-ring (bicyclic) bond motifs is 1. The van der Waals surface area contributed by atoms with Crippen molar-refractivity contribution in [2.45, 2.75) is 18.9 Å². The Balaban J connectivity index is 2.13. The normalized spacial score (nSPS) is 17.8. The van der Waals surface area contributed by atoms with Gasteiger partial charge in [-0.25, -0.2) is 0 Å². The average Bonchev–Trinajstić information content (AvgIpc) is 2.43. The van der Waals surface area contributed by atoms with Gasteiger partial charge in [-0.15, -0.1) is 0 Å². The summed E-state index contributed by atoms with van der Waals surface area (Å²) < 4.78 is 68.5. The number of carbonyl (C=O) groups excluding carboxylic acids is 1. The average molecular weight is 353 g/mol. The molecule has 0 aliphatic carbocycles. The molecule has 23 heavy (non-hydrogen) atoms. The maximum atomic E-state index is 12.3. The molecule has 0 saturated carbocycles. The topological polar surface area (TPSA) is 81.7 Å². The SMILES string of the molecule is CC(=O)NCC1COc2ccc(OS(=O)(=O)C(F)(F)F)cc2C1. The van der Waals surface area contributed by atoms with Gasteiger partial charge in [0, 0.05) is 19.4 Å². The van der Waals surface area contributed by atoms with E-state index in [4.69, 9.17) is 4.74 Å². The van der Waals surface area contributed by atoms with Crippen LogP contribution in [0.2, 0.25) is 0 Å². The molecule has 0 spiro atoms. The van der Waals surface area contributed by atoms with Gasteiger partial charge in [0.1, 0.15) is 11.5 Å². The Morgan fingerprint density at radius 2 is 2.13 bits per heavy atom. The monoisotopic (exact) mass is 353 g/mol. The Morgan fingerprint density at radius 3 is 2.74 bits per heavy atom. The fourth-order valence-electron chi connectivity index (χ4n) is 2.08. The highest BCUT2D eigenvalue weighted by Gasteiger charge is 2.48. The van der Waals surface area contributed by atoms with E-state index in [2.05, 4.69) is 9.50 Å². The third-order valence-corrected chi connectivity index (χ3v) is 4.12. The quantitative estimate of drug-likeness (QED) is 0.657. The van der Waals surface area contributed by atoms with Crippen molar-refractivity contribution in [3.63, 3.8) is 0 Å². The van der Waals surface area contributed by atoms with Gasteiger partial charge in [-0.05, 0) is 30.2 Å². The lowest BCUT2D eigenvalue weighted by molar-refractivity contribution is -0.119. The lowest BCUT2D eigenvalue weighted by Gasteiger charge is -2.25. The zero-order chi connectivity index (χ0) is 17.3. The molecule has 1 N–H and O–H groups in total. The Kier molecular flexibility index (Phi) is 4.73. The molecule has 1 atom stereocenters. The van der Waals surface area contributed by atoms with Gasteiger partial charge < -0.3 is 14.2 Å².